The van der Waals surface area contributed by atoms with Crippen LogP contribution in [-0.2, 0) is 0 Å². The molecule has 0 aliphatic rings. The van der Waals surface area contributed by atoms with E-state index in [2.05, 4.69) is 28.9 Å². The van der Waals surface area contributed by atoms with Crippen LogP contribution in [0.1, 0.15) is 44.8 Å². The lowest BCUT2D eigenvalue weighted by Gasteiger charge is -2.22. The van der Waals surface area contributed by atoms with Gasteiger partial charge in [0, 0.05) is 17.0 Å². The van der Waals surface area contributed by atoms with Crippen LogP contribution in [0.2, 0.25) is 5.02 Å². The molecule has 0 saturated heterocycles. The molecule has 0 amide bonds. The molecule has 1 aromatic carbocycles. The Bertz CT molecular complexity index is 570. The van der Waals surface area contributed by atoms with E-state index in [1.807, 2.05) is 12.1 Å². The van der Waals surface area contributed by atoms with E-state index in [1.165, 1.54) is 12.8 Å². The number of nitrogens with one attached hydrogen (secondary N) is 1. The van der Waals surface area contributed by atoms with Crippen LogP contribution in [0.15, 0.2) is 18.3 Å². The van der Waals surface area contributed by atoms with Crippen LogP contribution in [0.5, 0.6) is 0 Å². The molecular formula is C16H24ClN3O. The molecule has 0 saturated carbocycles. The van der Waals surface area contributed by atoms with E-state index in [9.17, 15) is 5.11 Å². The van der Waals surface area contributed by atoms with Crippen LogP contribution in [0, 0.1) is 0 Å². The molecular weight excluding hydrogens is 286 g/mol. The Balaban J connectivity index is 2.00. The fourth-order valence-electron chi connectivity index (χ4n) is 2.51. The van der Waals surface area contributed by atoms with Crippen molar-refractivity contribution in [2.45, 2.75) is 39.2 Å². The van der Waals surface area contributed by atoms with E-state index >= 15 is 0 Å². The van der Waals surface area contributed by atoms with E-state index in [4.69, 9.17) is 11.6 Å². The average molecular weight is 310 g/mol. The van der Waals surface area contributed by atoms with Crippen LogP contribution in [0.3, 0.4) is 0 Å². The summed E-state index contributed by atoms with van der Waals surface area (Å²) in [5.41, 5.74) is 1.69. The monoisotopic (exact) mass is 309 g/mol. The molecule has 5 heteroatoms. The maximum absolute atomic E-state index is 10.4. The van der Waals surface area contributed by atoms with Gasteiger partial charge in [-0.15, -0.1) is 0 Å². The molecule has 2 aromatic rings. The summed E-state index contributed by atoms with van der Waals surface area (Å²) in [6.45, 7) is 7.35. The standard InChI is InChI=1S/C16H24ClN3O/c1-3-5-7-20(4-2)8-6-16(21)13-9-12-11-18-19-15(12)10-14(13)17/h9-11,16,21H,3-8H2,1-2H3,(H,18,19). The Hall–Kier alpha value is -1.10. The van der Waals surface area contributed by atoms with Gasteiger partial charge in [0.15, 0.2) is 0 Å². The highest BCUT2D eigenvalue weighted by atomic mass is 35.5. The molecule has 1 atom stereocenters. The van der Waals surface area contributed by atoms with Gasteiger partial charge in [0.1, 0.15) is 0 Å². The van der Waals surface area contributed by atoms with Crippen molar-refractivity contribution in [1.29, 1.82) is 0 Å². The van der Waals surface area contributed by atoms with Gasteiger partial charge in [0.25, 0.3) is 0 Å². The Morgan fingerprint density at radius 1 is 1.33 bits per heavy atom. The van der Waals surface area contributed by atoms with Gasteiger partial charge < -0.3 is 10.0 Å². The van der Waals surface area contributed by atoms with Gasteiger partial charge in [0.2, 0.25) is 0 Å². The van der Waals surface area contributed by atoms with Crippen molar-refractivity contribution in [3.63, 3.8) is 0 Å². The summed E-state index contributed by atoms with van der Waals surface area (Å²) in [6.07, 6.45) is 4.31. The maximum Gasteiger partial charge on any atom is 0.0816 e. The van der Waals surface area contributed by atoms with E-state index < -0.39 is 6.10 Å². The summed E-state index contributed by atoms with van der Waals surface area (Å²) < 4.78 is 0. The quantitative estimate of drug-likeness (QED) is 0.780. The Morgan fingerprint density at radius 2 is 2.14 bits per heavy atom. The summed E-state index contributed by atoms with van der Waals surface area (Å²) in [6, 6.07) is 3.76. The van der Waals surface area contributed by atoms with Gasteiger partial charge in [-0.3, -0.25) is 5.10 Å². The number of rotatable bonds is 8. The first-order valence-corrected chi connectivity index (χ1v) is 8.06. The third kappa shape index (κ3) is 4.19. The van der Waals surface area contributed by atoms with Crippen molar-refractivity contribution in [2.24, 2.45) is 0 Å². The topological polar surface area (TPSA) is 52.1 Å². The number of aliphatic hydroxyl groups is 1. The van der Waals surface area contributed by atoms with Crippen molar-refractivity contribution < 1.29 is 5.11 Å². The molecule has 0 aliphatic carbocycles. The van der Waals surface area contributed by atoms with Crippen molar-refractivity contribution in [1.82, 2.24) is 15.1 Å². The third-order valence-corrected chi connectivity index (χ3v) is 4.24. The zero-order chi connectivity index (χ0) is 15.2. The number of halogens is 1. The van der Waals surface area contributed by atoms with Gasteiger partial charge in [-0.2, -0.15) is 5.10 Å². The lowest BCUT2D eigenvalue weighted by molar-refractivity contribution is 0.143. The predicted molar refractivity (Wildman–Crippen MR) is 87.7 cm³/mol. The number of unbranched alkanes of at least 4 members (excludes halogenated alkanes) is 1. The number of aromatic amines is 1. The van der Waals surface area contributed by atoms with Crippen molar-refractivity contribution in [3.8, 4) is 0 Å². The number of fused-ring (bicyclic) bond motifs is 1. The molecule has 1 aromatic heterocycles. The van der Waals surface area contributed by atoms with Crippen LogP contribution in [-0.4, -0.2) is 39.8 Å². The minimum absolute atomic E-state index is 0.535. The van der Waals surface area contributed by atoms with E-state index in [0.717, 1.165) is 36.1 Å². The largest absolute Gasteiger partial charge is 0.388 e. The molecule has 0 fully saturated rings. The zero-order valence-electron chi connectivity index (χ0n) is 12.8. The number of H-pyrrole nitrogens is 1. The normalized spacial score (nSPS) is 13.2. The van der Waals surface area contributed by atoms with Gasteiger partial charge >= 0.3 is 0 Å². The molecule has 2 rings (SSSR count). The highest BCUT2D eigenvalue weighted by Crippen LogP contribution is 2.29. The molecule has 1 unspecified atom stereocenters. The summed E-state index contributed by atoms with van der Waals surface area (Å²) >= 11 is 6.27. The molecule has 2 N–H and O–H groups in total. The van der Waals surface area contributed by atoms with Gasteiger partial charge in [-0.25, -0.2) is 0 Å². The molecule has 0 aliphatic heterocycles. The Labute approximate surface area is 131 Å². The van der Waals surface area contributed by atoms with Crippen molar-refractivity contribution in [3.05, 3.63) is 28.9 Å². The second-order valence-corrected chi connectivity index (χ2v) is 5.83. The Kier molecular flexibility index (Phi) is 6.03. The second-order valence-electron chi connectivity index (χ2n) is 5.42. The molecule has 0 bridgehead atoms. The van der Waals surface area contributed by atoms with Crippen LogP contribution < -0.4 is 0 Å². The van der Waals surface area contributed by atoms with Crippen LogP contribution in [0.4, 0.5) is 0 Å². The number of hydrogen-bond donors (Lipinski definition) is 2. The first-order valence-electron chi connectivity index (χ1n) is 7.68. The number of aliphatic hydroxyl groups excluding tert-OH is 1. The van der Waals surface area contributed by atoms with Crippen molar-refractivity contribution in [2.75, 3.05) is 19.6 Å². The highest BCUT2D eigenvalue weighted by Gasteiger charge is 2.14. The van der Waals surface area contributed by atoms with Gasteiger partial charge in [-0.1, -0.05) is 31.9 Å². The molecule has 116 valence electrons. The summed E-state index contributed by atoms with van der Waals surface area (Å²) in [7, 11) is 0. The fourth-order valence-corrected chi connectivity index (χ4v) is 2.80. The molecule has 21 heavy (non-hydrogen) atoms. The summed E-state index contributed by atoms with van der Waals surface area (Å²) in [4.78, 5) is 2.37. The summed E-state index contributed by atoms with van der Waals surface area (Å²) in [5.74, 6) is 0. The zero-order valence-corrected chi connectivity index (χ0v) is 13.5. The fraction of sp³-hybridized carbons (Fsp3) is 0.562. The van der Waals surface area contributed by atoms with Gasteiger partial charge in [-0.05, 0) is 43.6 Å². The number of benzene rings is 1. The number of hydrogen-bond acceptors (Lipinski definition) is 3. The smallest absolute Gasteiger partial charge is 0.0816 e. The van der Waals surface area contributed by atoms with Crippen molar-refractivity contribution >= 4 is 22.5 Å². The molecule has 1 heterocycles. The van der Waals surface area contributed by atoms with Gasteiger partial charge in [0.05, 0.1) is 17.8 Å². The lowest BCUT2D eigenvalue weighted by atomic mass is 10.0. The number of nitrogens with zero attached hydrogens (tertiary/aromatic N) is 2. The average Bonchev–Trinajstić information content (AvgIpc) is 2.93. The lowest BCUT2D eigenvalue weighted by Crippen LogP contribution is -2.26. The van der Waals surface area contributed by atoms with Crippen LogP contribution >= 0.6 is 11.6 Å². The predicted octanol–water partition coefficient (Wildman–Crippen LogP) is 3.76. The van der Waals surface area contributed by atoms with E-state index in [-0.39, 0.29) is 0 Å². The highest BCUT2D eigenvalue weighted by molar-refractivity contribution is 6.32. The first kappa shape index (κ1) is 16.3. The molecule has 4 nitrogen and oxygen atoms in total. The van der Waals surface area contributed by atoms with E-state index in [0.29, 0.717) is 11.4 Å². The minimum atomic E-state index is -0.535. The minimum Gasteiger partial charge on any atom is -0.388 e. The third-order valence-electron chi connectivity index (χ3n) is 3.91. The van der Waals surface area contributed by atoms with Crippen LogP contribution in [0.25, 0.3) is 10.9 Å². The van der Waals surface area contributed by atoms with E-state index in [1.54, 1.807) is 6.20 Å². The molecule has 0 radical (unpaired) electrons. The molecule has 0 spiro atoms. The Morgan fingerprint density at radius 3 is 2.86 bits per heavy atom. The number of aromatic nitrogens is 2. The SMILES string of the molecule is CCCCN(CC)CCC(O)c1cc2cn[nH]c2cc1Cl. The second kappa shape index (κ2) is 7.78. The summed E-state index contributed by atoms with van der Waals surface area (Å²) in [5, 5.41) is 18.9. The maximum atomic E-state index is 10.4. The first-order chi connectivity index (χ1) is 10.2.